The van der Waals surface area contributed by atoms with Gasteiger partial charge in [-0.15, -0.1) is 11.3 Å². The molecule has 7 heteroatoms. The number of aromatic nitrogens is 2. The number of hydrogen-bond acceptors (Lipinski definition) is 6. The van der Waals surface area contributed by atoms with E-state index >= 15 is 0 Å². The lowest BCUT2D eigenvalue weighted by Crippen LogP contribution is -2.26. The van der Waals surface area contributed by atoms with Crippen LogP contribution in [0.25, 0.3) is 10.2 Å². The molecule has 6 nitrogen and oxygen atoms in total. The Bertz CT molecular complexity index is 848. The highest BCUT2D eigenvalue weighted by Crippen LogP contribution is 2.29. The summed E-state index contributed by atoms with van der Waals surface area (Å²) in [6.45, 7) is 3.52. The summed E-state index contributed by atoms with van der Waals surface area (Å²) in [5.74, 6) is 0.443. The number of rotatable bonds is 3. The third-order valence-electron chi connectivity index (χ3n) is 4.77. The maximum atomic E-state index is 12.6. The van der Waals surface area contributed by atoms with E-state index in [1.54, 1.807) is 11.5 Å². The lowest BCUT2D eigenvalue weighted by Gasteiger charge is -2.21. The lowest BCUT2D eigenvalue weighted by atomic mass is 10.1. The summed E-state index contributed by atoms with van der Waals surface area (Å²) >= 11 is 1.26. The van der Waals surface area contributed by atoms with Crippen LogP contribution in [-0.2, 0) is 22.4 Å². The van der Waals surface area contributed by atoms with Crippen molar-refractivity contribution >= 4 is 27.5 Å². The van der Waals surface area contributed by atoms with E-state index in [0.29, 0.717) is 27.2 Å². The molecule has 0 amide bonds. The molecule has 4 heterocycles. The lowest BCUT2D eigenvalue weighted by molar-refractivity contribution is -0.0298. The average Bonchev–Trinajstić information content (AvgIpc) is 3.19. The molecule has 4 rings (SSSR count). The van der Waals surface area contributed by atoms with Gasteiger partial charge in [0.05, 0.1) is 11.5 Å². The molecule has 24 heavy (non-hydrogen) atoms. The molecule has 1 fully saturated rings. The van der Waals surface area contributed by atoms with Crippen LogP contribution in [0.1, 0.15) is 46.7 Å². The zero-order valence-electron chi connectivity index (χ0n) is 13.7. The molecule has 0 radical (unpaired) electrons. The number of thiophene rings is 1. The largest absolute Gasteiger partial charge is 0.459 e. The zero-order chi connectivity index (χ0) is 16.7. The van der Waals surface area contributed by atoms with Gasteiger partial charge >= 0.3 is 5.97 Å². The fourth-order valence-corrected chi connectivity index (χ4v) is 4.53. The molecule has 128 valence electrons. The summed E-state index contributed by atoms with van der Waals surface area (Å²) in [4.78, 5) is 30.8. The highest BCUT2D eigenvalue weighted by molar-refractivity contribution is 7.20. The van der Waals surface area contributed by atoms with Crippen molar-refractivity contribution in [2.24, 2.45) is 0 Å². The van der Waals surface area contributed by atoms with Gasteiger partial charge in [0.2, 0.25) is 0 Å². The molecule has 2 aromatic heterocycles. The third kappa shape index (κ3) is 2.65. The number of esters is 1. The van der Waals surface area contributed by atoms with Gasteiger partial charge in [0, 0.05) is 19.6 Å². The van der Waals surface area contributed by atoms with Gasteiger partial charge in [0.25, 0.3) is 5.56 Å². The summed E-state index contributed by atoms with van der Waals surface area (Å²) < 4.78 is 12.7. The molecule has 0 saturated carbocycles. The second-order valence-corrected chi connectivity index (χ2v) is 7.41. The van der Waals surface area contributed by atoms with Gasteiger partial charge < -0.3 is 9.47 Å². The van der Waals surface area contributed by atoms with Gasteiger partial charge in [-0.2, -0.15) is 0 Å². The summed E-state index contributed by atoms with van der Waals surface area (Å²) in [5, 5.41) is 0.562. The molecule has 0 bridgehead atoms. The Morgan fingerprint density at radius 1 is 1.42 bits per heavy atom. The standard InChI is InChI=1S/C17H20N2O4S/c1-10-13-15(18-12-6-4-7-19(12)16(13)20)24-14(10)17(21)23-9-11-5-2-3-8-22-11/h11H,2-9H2,1H3. The molecular formula is C17H20N2O4S. The third-order valence-corrected chi connectivity index (χ3v) is 5.94. The van der Waals surface area contributed by atoms with Crippen molar-refractivity contribution in [3.8, 4) is 0 Å². The van der Waals surface area contributed by atoms with Crippen LogP contribution in [0.4, 0.5) is 0 Å². The zero-order valence-corrected chi connectivity index (χ0v) is 14.5. The second-order valence-electron chi connectivity index (χ2n) is 6.41. The molecule has 1 saturated heterocycles. The summed E-state index contributed by atoms with van der Waals surface area (Å²) in [5.41, 5.74) is 0.653. The van der Waals surface area contributed by atoms with Crippen LogP contribution in [0.5, 0.6) is 0 Å². The Morgan fingerprint density at radius 3 is 3.08 bits per heavy atom. The van der Waals surface area contributed by atoms with E-state index < -0.39 is 0 Å². The van der Waals surface area contributed by atoms with E-state index in [-0.39, 0.29) is 24.2 Å². The maximum Gasteiger partial charge on any atom is 0.348 e. The Hall–Kier alpha value is -1.73. The fourth-order valence-electron chi connectivity index (χ4n) is 3.44. The first-order chi connectivity index (χ1) is 11.6. The van der Waals surface area contributed by atoms with E-state index in [2.05, 4.69) is 4.98 Å². The van der Waals surface area contributed by atoms with Gasteiger partial charge in [0.1, 0.15) is 22.1 Å². The maximum absolute atomic E-state index is 12.6. The van der Waals surface area contributed by atoms with Crippen molar-refractivity contribution in [2.45, 2.75) is 51.7 Å². The first kappa shape index (κ1) is 15.8. The number of nitrogens with zero attached hydrogens (tertiary/aromatic N) is 2. The van der Waals surface area contributed by atoms with Gasteiger partial charge in [-0.05, 0) is 38.2 Å². The van der Waals surface area contributed by atoms with Crippen LogP contribution in [-0.4, -0.2) is 34.8 Å². The molecule has 2 aliphatic heterocycles. The van der Waals surface area contributed by atoms with Gasteiger partial charge in [-0.25, -0.2) is 9.78 Å². The van der Waals surface area contributed by atoms with Crippen LogP contribution in [0.3, 0.4) is 0 Å². The van der Waals surface area contributed by atoms with E-state index in [0.717, 1.165) is 44.5 Å². The van der Waals surface area contributed by atoms with Crippen LogP contribution in [0, 0.1) is 6.92 Å². The predicted molar refractivity (Wildman–Crippen MR) is 90.8 cm³/mol. The topological polar surface area (TPSA) is 70.4 Å². The van der Waals surface area contributed by atoms with Gasteiger partial charge in [-0.3, -0.25) is 9.36 Å². The minimum absolute atomic E-state index is 0.00932. The number of carbonyl (C=O) groups excluding carboxylic acids is 1. The molecule has 0 spiro atoms. The highest BCUT2D eigenvalue weighted by atomic mass is 32.1. The SMILES string of the molecule is Cc1c(C(=O)OCC2CCCCO2)sc2nc3n(c(=O)c12)CCC3. The van der Waals surface area contributed by atoms with E-state index in [4.69, 9.17) is 9.47 Å². The van der Waals surface area contributed by atoms with Crippen LogP contribution in [0.15, 0.2) is 4.79 Å². The fraction of sp³-hybridized carbons (Fsp3) is 0.588. The number of carbonyl (C=O) groups is 1. The molecule has 0 N–H and O–H groups in total. The summed E-state index contributed by atoms with van der Waals surface area (Å²) in [6, 6.07) is 0. The summed E-state index contributed by atoms with van der Waals surface area (Å²) in [6.07, 6.45) is 4.87. The smallest absolute Gasteiger partial charge is 0.348 e. The first-order valence-electron chi connectivity index (χ1n) is 8.46. The predicted octanol–water partition coefficient (Wildman–Crippen LogP) is 2.44. The van der Waals surface area contributed by atoms with Gasteiger partial charge in [0.15, 0.2) is 0 Å². The summed E-state index contributed by atoms with van der Waals surface area (Å²) in [7, 11) is 0. The quantitative estimate of drug-likeness (QED) is 0.797. The average molecular weight is 348 g/mol. The molecule has 2 aromatic rings. The molecule has 1 unspecified atom stereocenters. The molecule has 0 aliphatic carbocycles. The minimum atomic E-state index is -0.380. The molecular weight excluding hydrogens is 328 g/mol. The van der Waals surface area contributed by atoms with Gasteiger partial charge in [-0.1, -0.05) is 0 Å². The highest BCUT2D eigenvalue weighted by Gasteiger charge is 2.25. The van der Waals surface area contributed by atoms with Crippen LogP contribution in [0.2, 0.25) is 0 Å². The minimum Gasteiger partial charge on any atom is -0.459 e. The van der Waals surface area contributed by atoms with Crippen molar-refractivity contribution in [3.05, 3.63) is 26.6 Å². The number of fused-ring (bicyclic) bond motifs is 2. The van der Waals surface area contributed by atoms with E-state index in [1.807, 2.05) is 0 Å². The van der Waals surface area contributed by atoms with Crippen molar-refractivity contribution < 1.29 is 14.3 Å². The van der Waals surface area contributed by atoms with E-state index in [9.17, 15) is 9.59 Å². The molecule has 2 aliphatic rings. The van der Waals surface area contributed by atoms with Crippen molar-refractivity contribution in [3.63, 3.8) is 0 Å². The first-order valence-corrected chi connectivity index (χ1v) is 9.28. The number of ether oxygens (including phenoxy) is 2. The molecule has 1 atom stereocenters. The Labute approximate surface area is 143 Å². The van der Waals surface area contributed by atoms with Crippen LogP contribution < -0.4 is 5.56 Å². The molecule has 0 aromatic carbocycles. The second kappa shape index (κ2) is 6.29. The monoisotopic (exact) mass is 348 g/mol. The Balaban J connectivity index is 1.60. The Kier molecular flexibility index (Phi) is 4.14. The number of aryl methyl sites for hydroxylation is 2. The van der Waals surface area contributed by atoms with Crippen molar-refractivity contribution in [2.75, 3.05) is 13.2 Å². The van der Waals surface area contributed by atoms with Crippen molar-refractivity contribution in [1.82, 2.24) is 9.55 Å². The Morgan fingerprint density at radius 2 is 2.29 bits per heavy atom. The van der Waals surface area contributed by atoms with Crippen molar-refractivity contribution in [1.29, 1.82) is 0 Å². The van der Waals surface area contributed by atoms with E-state index in [1.165, 1.54) is 11.3 Å². The normalized spacial score (nSPS) is 20.3. The van der Waals surface area contributed by atoms with Crippen LogP contribution >= 0.6 is 11.3 Å². The number of hydrogen-bond donors (Lipinski definition) is 0.